The Balaban J connectivity index is 2.35. The van der Waals surface area contributed by atoms with Crippen LogP contribution in [0.1, 0.15) is 19.8 Å². The molecule has 5 heteroatoms. The van der Waals surface area contributed by atoms with Gasteiger partial charge in [-0.25, -0.2) is 4.79 Å². The first-order chi connectivity index (χ1) is 7.11. The summed E-state index contributed by atoms with van der Waals surface area (Å²) in [6, 6.07) is -0.362. The van der Waals surface area contributed by atoms with Gasteiger partial charge in [-0.3, -0.25) is 4.79 Å². The highest BCUT2D eigenvalue weighted by molar-refractivity contribution is 5.82. The van der Waals surface area contributed by atoms with Crippen molar-refractivity contribution in [3.8, 4) is 0 Å². The van der Waals surface area contributed by atoms with Gasteiger partial charge in [0.2, 0.25) is 5.91 Å². The molecule has 0 aromatic rings. The first-order valence-electron chi connectivity index (χ1n) is 5.05. The number of rotatable bonds is 4. The van der Waals surface area contributed by atoms with E-state index in [0.29, 0.717) is 0 Å². The Morgan fingerprint density at radius 3 is 2.53 bits per heavy atom. The molecule has 0 saturated carbocycles. The lowest BCUT2D eigenvalue weighted by Gasteiger charge is -2.20. The van der Waals surface area contributed by atoms with Crippen LogP contribution in [0.3, 0.4) is 0 Å². The zero-order valence-corrected chi connectivity index (χ0v) is 8.77. The Morgan fingerprint density at radius 2 is 2.00 bits per heavy atom. The van der Waals surface area contributed by atoms with Crippen LogP contribution in [0.4, 0.5) is 0 Å². The molecular weight excluding hydrogens is 196 g/mol. The molecule has 84 valence electrons. The van der Waals surface area contributed by atoms with E-state index >= 15 is 0 Å². The van der Waals surface area contributed by atoms with Gasteiger partial charge in [0, 0.05) is 25.4 Å². The van der Waals surface area contributed by atoms with Gasteiger partial charge < -0.3 is 15.3 Å². The number of hydrogen-bond donors (Lipinski definition) is 2. The van der Waals surface area contributed by atoms with Crippen LogP contribution in [0.15, 0.2) is 12.3 Å². The fraction of sp³-hybridized carbons (Fsp3) is 0.600. The second-order valence-electron chi connectivity index (χ2n) is 3.59. The normalized spacial score (nSPS) is 18.1. The predicted octanol–water partition coefficient (Wildman–Crippen LogP) is 0.185. The number of hydrogen-bond acceptors (Lipinski definition) is 3. The first-order valence-corrected chi connectivity index (χ1v) is 5.05. The van der Waals surface area contributed by atoms with E-state index in [0.717, 1.165) is 32.0 Å². The third kappa shape index (κ3) is 3.61. The van der Waals surface area contributed by atoms with Crippen molar-refractivity contribution in [1.29, 1.82) is 0 Å². The zero-order valence-electron chi connectivity index (χ0n) is 8.77. The Bertz CT molecular complexity index is 270. The summed E-state index contributed by atoms with van der Waals surface area (Å²) in [6.07, 6.45) is 4.39. The summed E-state index contributed by atoms with van der Waals surface area (Å²) < 4.78 is 0. The maximum absolute atomic E-state index is 11.7. The standard InChI is InChI=1S/C10H16N2O3/c1-8(11-5-4-9(13)14)10(15)12-6-2-3-7-12/h4-5,8,11H,2-3,6-7H2,1H3,(H,13,14)/b5-4+. The molecule has 0 aromatic carbocycles. The third-order valence-electron chi connectivity index (χ3n) is 2.36. The van der Waals surface area contributed by atoms with Gasteiger partial charge in [0.25, 0.3) is 0 Å². The lowest BCUT2D eigenvalue weighted by Crippen LogP contribution is -2.41. The van der Waals surface area contributed by atoms with Crippen molar-refractivity contribution < 1.29 is 14.7 Å². The minimum Gasteiger partial charge on any atom is -0.478 e. The molecular formula is C10H16N2O3. The number of nitrogens with zero attached hydrogens (tertiary/aromatic N) is 1. The topological polar surface area (TPSA) is 69.6 Å². The number of aliphatic carboxylic acids is 1. The number of likely N-dealkylation sites (tertiary alicyclic amines) is 1. The molecule has 0 aromatic heterocycles. The molecule has 0 aliphatic carbocycles. The molecule has 0 radical (unpaired) electrons. The molecule has 1 unspecified atom stereocenters. The zero-order chi connectivity index (χ0) is 11.3. The highest BCUT2D eigenvalue weighted by Crippen LogP contribution is 2.08. The van der Waals surface area contributed by atoms with E-state index in [1.807, 2.05) is 0 Å². The molecule has 1 heterocycles. The van der Waals surface area contributed by atoms with Crippen molar-refractivity contribution in [3.05, 3.63) is 12.3 Å². The second-order valence-corrected chi connectivity index (χ2v) is 3.59. The molecule has 0 bridgehead atoms. The monoisotopic (exact) mass is 212 g/mol. The van der Waals surface area contributed by atoms with E-state index in [2.05, 4.69) is 5.32 Å². The van der Waals surface area contributed by atoms with Crippen LogP contribution in [0.25, 0.3) is 0 Å². The molecule has 1 amide bonds. The minimum absolute atomic E-state index is 0.0301. The van der Waals surface area contributed by atoms with Crippen LogP contribution >= 0.6 is 0 Å². The van der Waals surface area contributed by atoms with Gasteiger partial charge in [-0.1, -0.05) is 0 Å². The lowest BCUT2D eigenvalue weighted by molar-refractivity contribution is -0.132. The summed E-state index contributed by atoms with van der Waals surface area (Å²) in [7, 11) is 0. The van der Waals surface area contributed by atoms with Gasteiger partial charge in [0.05, 0.1) is 0 Å². The molecule has 1 rings (SSSR count). The Labute approximate surface area is 88.8 Å². The summed E-state index contributed by atoms with van der Waals surface area (Å²) >= 11 is 0. The van der Waals surface area contributed by atoms with Crippen molar-refractivity contribution in [1.82, 2.24) is 10.2 Å². The van der Waals surface area contributed by atoms with Crippen LogP contribution < -0.4 is 5.32 Å². The van der Waals surface area contributed by atoms with Crippen molar-refractivity contribution >= 4 is 11.9 Å². The van der Waals surface area contributed by atoms with Crippen LogP contribution in [0, 0.1) is 0 Å². The third-order valence-corrected chi connectivity index (χ3v) is 2.36. The summed E-state index contributed by atoms with van der Waals surface area (Å²) in [4.78, 5) is 23.7. The molecule has 1 atom stereocenters. The second kappa shape index (κ2) is 5.38. The number of carbonyl (C=O) groups excluding carboxylic acids is 1. The highest BCUT2D eigenvalue weighted by Gasteiger charge is 2.21. The molecule has 0 spiro atoms. The number of nitrogens with one attached hydrogen (secondary N) is 1. The molecule has 1 saturated heterocycles. The Hall–Kier alpha value is -1.52. The Morgan fingerprint density at radius 1 is 1.40 bits per heavy atom. The van der Waals surface area contributed by atoms with Crippen molar-refractivity contribution in [2.24, 2.45) is 0 Å². The average Bonchev–Trinajstić information content (AvgIpc) is 2.68. The molecule has 2 N–H and O–H groups in total. The van der Waals surface area contributed by atoms with E-state index in [1.165, 1.54) is 6.20 Å². The summed E-state index contributed by atoms with van der Waals surface area (Å²) in [6.45, 7) is 3.36. The van der Waals surface area contributed by atoms with Gasteiger partial charge in [0.1, 0.15) is 6.04 Å². The summed E-state index contributed by atoms with van der Waals surface area (Å²) in [5.41, 5.74) is 0. The van der Waals surface area contributed by atoms with Crippen molar-refractivity contribution in [2.45, 2.75) is 25.8 Å². The maximum atomic E-state index is 11.7. The van der Waals surface area contributed by atoms with Gasteiger partial charge >= 0.3 is 5.97 Å². The number of carboxylic acids is 1. The van der Waals surface area contributed by atoms with Crippen LogP contribution in [-0.2, 0) is 9.59 Å². The van der Waals surface area contributed by atoms with E-state index in [4.69, 9.17) is 5.11 Å². The molecule has 1 aliphatic heterocycles. The first kappa shape index (κ1) is 11.6. The van der Waals surface area contributed by atoms with Gasteiger partial charge in [-0.2, -0.15) is 0 Å². The van der Waals surface area contributed by atoms with Crippen molar-refractivity contribution in [3.63, 3.8) is 0 Å². The quantitative estimate of drug-likeness (QED) is 0.652. The minimum atomic E-state index is -1.02. The largest absolute Gasteiger partial charge is 0.478 e. The van der Waals surface area contributed by atoms with E-state index in [-0.39, 0.29) is 11.9 Å². The smallest absolute Gasteiger partial charge is 0.329 e. The van der Waals surface area contributed by atoms with E-state index in [1.54, 1.807) is 11.8 Å². The Kier molecular flexibility index (Phi) is 4.15. The van der Waals surface area contributed by atoms with Gasteiger partial charge in [-0.05, 0) is 19.8 Å². The summed E-state index contributed by atoms with van der Waals surface area (Å²) in [5.74, 6) is -0.995. The highest BCUT2D eigenvalue weighted by atomic mass is 16.4. The maximum Gasteiger partial charge on any atom is 0.329 e. The fourth-order valence-electron chi connectivity index (χ4n) is 1.55. The van der Waals surface area contributed by atoms with E-state index < -0.39 is 5.97 Å². The number of amides is 1. The van der Waals surface area contributed by atoms with Gasteiger partial charge in [-0.15, -0.1) is 0 Å². The molecule has 5 nitrogen and oxygen atoms in total. The lowest BCUT2D eigenvalue weighted by atomic mass is 10.3. The van der Waals surface area contributed by atoms with Crippen LogP contribution in [0.5, 0.6) is 0 Å². The van der Waals surface area contributed by atoms with Crippen LogP contribution in [0.2, 0.25) is 0 Å². The predicted molar refractivity (Wildman–Crippen MR) is 55.2 cm³/mol. The average molecular weight is 212 g/mol. The SMILES string of the molecule is CC(N/C=C/C(=O)O)C(=O)N1CCCC1. The number of carboxylic acid groups (broad SMARTS) is 1. The van der Waals surface area contributed by atoms with Crippen molar-refractivity contribution in [2.75, 3.05) is 13.1 Å². The molecule has 15 heavy (non-hydrogen) atoms. The number of carbonyl (C=O) groups is 2. The molecule has 1 aliphatic rings. The van der Waals surface area contributed by atoms with E-state index in [9.17, 15) is 9.59 Å². The van der Waals surface area contributed by atoms with Crippen LogP contribution in [-0.4, -0.2) is 41.0 Å². The van der Waals surface area contributed by atoms with Gasteiger partial charge in [0.15, 0.2) is 0 Å². The molecule has 1 fully saturated rings. The fourth-order valence-corrected chi connectivity index (χ4v) is 1.55. The summed E-state index contributed by atoms with van der Waals surface area (Å²) in [5, 5.41) is 11.1.